The summed E-state index contributed by atoms with van der Waals surface area (Å²) >= 11 is -0.215. The van der Waals surface area contributed by atoms with Gasteiger partial charge in [0.1, 0.15) is 5.75 Å². The normalized spacial score (nSPS) is 13.8. The van der Waals surface area contributed by atoms with E-state index in [0.717, 1.165) is 0 Å². The average molecular weight is 316 g/mol. The molecule has 1 rings (SSSR count). The molecule has 0 amide bonds. The van der Waals surface area contributed by atoms with E-state index in [9.17, 15) is 18.3 Å². The summed E-state index contributed by atoms with van der Waals surface area (Å²) < 4.78 is 36.8. The minimum absolute atomic E-state index is 0. The van der Waals surface area contributed by atoms with Gasteiger partial charge in [0.15, 0.2) is 0 Å². The standard InChI is InChI=1S/C12H16F3NOS.ClH/c1-11(2,3)10(16)8-6-7(4-5-9(8)17)18-12(13,14)15;/h4-6,10,17H,16H2,1-3H3;1H/t10-;/m1./s1. The van der Waals surface area contributed by atoms with Gasteiger partial charge in [0.25, 0.3) is 0 Å². The van der Waals surface area contributed by atoms with Gasteiger partial charge in [-0.25, -0.2) is 0 Å². The molecule has 0 aliphatic rings. The van der Waals surface area contributed by atoms with E-state index in [0.29, 0.717) is 5.56 Å². The van der Waals surface area contributed by atoms with Gasteiger partial charge < -0.3 is 10.8 Å². The molecule has 0 aromatic heterocycles. The predicted octanol–water partition coefficient (Wildman–Crippen LogP) is 4.47. The third-order valence-corrected chi connectivity index (χ3v) is 3.22. The maximum atomic E-state index is 12.3. The summed E-state index contributed by atoms with van der Waals surface area (Å²) in [6.07, 6.45) is 0. The van der Waals surface area contributed by atoms with Crippen LogP contribution in [0.25, 0.3) is 0 Å². The Kier molecular flexibility index (Phi) is 6.05. The molecule has 3 N–H and O–H groups in total. The van der Waals surface area contributed by atoms with Crippen molar-refractivity contribution in [1.29, 1.82) is 0 Å². The number of alkyl halides is 3. The first-order valence-electron chi connectivity index (χ1n) is 5.35. The van der Waals surface area contributed by atoms with Crippen LogP contribution < -0.4 is 5.73 Å². The monoisotopic (exact) mass is 315 g/mol. The SMILES string of the molecule is CC(C)(C)[C@H](N)c1cc(SC(F)(F)F)ccc1O.Cl. The van der Waals surface area contributed by atoms with Crippen molar-refractivity contribution in [2.24, 2.45) is 11.1 Å². The highest BCUT2D eigenvalue weighted by Crippen LogP contribution is 2.41. The number of phenolic OH excluding ortho intramolecular Hbond substituents is 1. The molecule has 0 radical (unpaired) electrons. The average Bonchev–Trinajstić information content (AvgIpc) is 2.16. The molecule has 0 heterocycles. The minimum Gasteiger partial charge on any atom is -0.508 e. The number of aromatic hydroxyl groups is 1. The second-order valence-electron chi connectivity index (χ2n) is 5.11. The Hall–Kier alpha value is -0.590. The van der Waals surface area contributed by atoms with E-state index in [1.54, 1.807) is 0 Å². The van der Waals surface area contributed by atoms with Crippen LogP contribution in [0.3, 0.4) is 0 Å². The fourth-order valence-corrected chi connectivity index (χ4v) is 2.03. The summed E-state index contributed by atoms with van der Waals surface area (Å²) in [6.45, 7) is 5.59. The third-order valence-electron chi connectivity index (χ3n) is 2.50. The first-order chi connectivity index (χ1) is 8.00. The fourth-order valence-electron chi connectivity index (χ4n) is 1.45. The van der Waals surface area contributed by atoms with E-state index >= 15 is 0 Å². The van der Waals surface area contributed by atoms with Crippen molar-refractivity contribution in [3.8, 4) is 5.75 Å². The van der Waals surface area contributed by atoms with Crippen molar-refractivity contribution >= 4 is 24.2 Å². The summed E-state index contributed by atoms with van der Waals surface area (Å²) in [5, 5.41) is 9.70. The van der Waals surface area contributed by atoms with E-state index in [2.05, 4.69) is 0 Å². The lowest BCUT2D eigenvalue weighted by Gasteiger charge is -2.28. The number of hydrogen-bond donors (Lipinski definition) is 2. The molecule has 0 aliphatic heterocycles. The van der Waals surface area contributed by atoms with Gasteiger partial charge in [-0.15, -0.1) is 12.4 Å². The van der Waals surface area contributed by atoms with E-state index in [4.69, 9.17) is 5.73 Å². The molecule has 19 heavy (non-hydrogen) atoms. The first-order valence-corrected chi connectivity index (χ1v) is 6.16. The number of hydrogen-bond acceptors (Lipinski definition) is 3. The van der Waals surface area contributed by atoms with Crippen LogP contribution >= 0.6 is 24.2 Å². The zero-order valence-electron chi connectivity index (χ0n) is 10.8. The number of benzene rings is 1. The van der Waals surface area contributed by atoms with E-state index in [1.807, 2.05) is 20.8 Å². The van der Waals surface area contributed by atoms with Gasteiger partial charge in [-0.3, -0.25) is 0 Å². The quantitative estimate of drug-likeness (QED) is 0.791. The largest absolute Gasteiger partial charge is 0.508 e. The smallest absolute Gasteiger partial charge is 0.446 e. The number of nitrogens with two attached hydrogens (primary N) is 1. The molecular formula is C12H17ClF3NOS. The lowest BCUT2D eigenvalue weighted by atomic mass is 9.83. The number of thioether (sulfide) groups is 1. The Morgan fingerprint density at radius 2 is 1.74 bits per heavy atom. The number of rotatable bonds is 2. The predicted molar refractivity (Wildman–Crippen MR) is 73.7 cm³/mol. The highest BCUT2D eigenvalue weighted by molar-refractivity contribution is 8.00. The molecule has 110 valence electrons. The van der Waals surface area contributed by atoms with Crippen LogP contribution in [0.15, 0.2) is 23.1 Å². The Labute approximate surface area is 121 Å². The third kappa shape index (κ3) is 5.50. The van der Waals surface area contributed by atoms with Crippen LogP contribution in [0.4, 0.5) is 13.2 Å². The fraction of sp³-hybridized carbons (Fsp3) is 0.500. The molecule has 1 aromatic carbocycles. The molecule has 0 bridgehead atoms. The summed E-state index contributed by atoms with van der Waals surface area (Å²) in [4.78, 5) is 0.0231. The zero-order chi connectivity index (χ0) is 14.1. The van der Waals surface area contributed by atoms with E-state index in [1.165, 1.54) is 18.2 Å². The van der Waals surface area contributed by atoms with Crippen molar-refractivity contribution in [3.63, 3.8) is 0 Å². The van der Waals surface area contributed by atoms with Crippen molar-refractivity contribution in [2.45, 2.75) is 37.2 Å². The highest BCUT2D eigenvalue weighted by atomic mass is 35.5. The van der Waals surface area contributed by atoms with Crippen molar-refractivity contribution < 1.29 is 18.3 Å². The topological polar surface area (TPSA) is 46.2 Å². The molecule has 0 saturated heterocycles. The van der Waals surface area contributed by atoms with Crippen molar-refractivity contribution in [3.05, 3.63) is 23.8 Å². The first kappa shape index (κ1) is 18.4. The van der Waals surface area contributed by atoms with Crippen LogP contribution in [0, 0.1) is 5.41 Å². The van der Waals surface area contributed by atoms with E-state index in [-0.39, 0.29) is 40.2 Å². The molecule has 0 saturated carbocycles. The number of phenols is 1. The highest BCUT2D eigenvalue weighted by Gasteiger charge is 2.31. The minimum atomic E-state index is -4.35. The van der Waals surface area contributed by atoms with Gasteiger partial charge in [-0.2, -0.15) is 13.2 Å². The second kappa shape index (κ2) is 6.24. The molecule has 0 aliphatic carbocycles. The molecular weight excluding hydrogens is 299 g/mol. The van der Waals surface area contributed by atoms with E-state index < -0.39 is 11.6 Å². The molecule has 7 heteroatoms. The van der Waals surface area contributed by atoms with Gasteiger partial charge >= 0.3 is 5.51 Å². The zero-order valence-corrected chi connectivity index (χ0v) is 12.4. The van der Waals surface area contributed by atoms with Crippen LogP contribution in [0.1, 0.15) is 32.4 Å². The lowest BCUT2D eigenvalue weighted by Crippen LogP contribution is -2.26. The summed E-state index contributed by atoms with van der Waals surface area (Å²) in [6, 6.07) is 3.23. The Bertz CT molecular complexity index is 432. The Morgan fingerprint density at radius 1 is 1.21 bits per heavy atom. The van der Waals surface area contributed by atoms with Gasteiger partial charge in [0.05, 0.1) is 0 Å². The molecule has 2 nitrogen and oxygen atoms in total. The van der Waals surface area contributed by atoms with Gasteiger partial charge in [-0.05, 0) is 35.4 Å². The van der Waals surface area contributed by atoms with Gasteiger partial charge in [-0.1, -0.05) is 20.8 Å². The number of halogens is 4. The van der Waals surface area contributed by atoms with Crippen molar-refractivity contribution in [1.82, 2.24) is 0 Å². The van der Waals surface area contributed by atoms with Crippen LogP contribution in [-0.2, 0) is 0 Å². The van der Waals surface area contributed by atoms with Gasteiger partial charge in [0, 0.05) is 16.5 Å². The summed E-state index contributed by atoms with van der Waals surface area (Å²) in [5.74, 6) is -0.0797. The lowest BCUT2D eigenvalue weighted by molar-refractivity contribution is -0.0328. The molecule has 0 unspecified atom stereocenters. The maximum Gasteiger partial charge on any atom is 0.446 e. The van der Waals surface area contributed by atoms with Crippen molar-refractivity contribution in [2.75, 3.05) is 0 Å². The van der Waals surface area contributed by atoms with Crippen LogP contribution in [0.2, 0.25) is 0 Å². The molecule has 0 spiro atoms. The molecule has 1 aromatic rings. The summed E-state index contributed by atoms with van der Waals surface area (Å²) in [7, 11) is 0. The van der Waals surface area contributed by atoms with Gasteiger partial charge in [0.2, 0.25) is 0 Å². The molecule has 0 fully saturated rings. The second-order valence-corrected chi connectivity index (χ2v) is 6.25. The van der Waals surface area contributed by atoms with Crippen LogP contribution in [-0.4, -0.2) is 10.6 Å². The van der Waals surface area contributed by atoms with Crippen LogP contribution in [0.5, 0.6) is 5.75 Å². The Balaban J connectivity index is 0.00000324. The molecule has 1 atom stereocenters. The Morgan fingerprint density at radius 3 is 2.16 bits per heavy atom. The summed E-state index contributed by atoms with van der Waals surface area (Å²) in [5.41, 5.74) is 1.59. The maximum absolute atomic E-state index is 12.3.